The molecule has 84 heavy (non-hydrogen) atoms. The Morgan fingerprint density at radius 2 is 0.536 bits per heavy atom. The SMILES string of the molecule is CCOC(=O)[C@@H]1CN(Cc2ccc(OC)cc2)C[C@@H](C(=O)OCC)N(Cc2ccccc2)CCN(Cc2ccccc2)[C@H](C(=O)OCC)CN(Cc2ccc(OC)cc2)C[C@@H](C(=O)OCC)N(Cc2ccccc2)CCN1Cc1ccccc1. The fourth-order valence-electron chi connectivity index (χ4n) is 10.8. The van der Waals surface area contributed by atoms with Gasteiger partial charge in [0.25, 0.3) is 0 Å². The first-order valence-corrected chi connectivity index (χ1v) is 29.5. The van der Waals surface area contributed by atoms with Crippen LogP contribution in [-0.2, 0) is 77.4 Å². The minimum Gasteiger partial charge on any atom is -0.497 e. The Morgan fingerprint density at radius 1 is 0.321 bits per heavy atom. The van der Waals surface area contributed by atoms with Crippen molar-refractivity contribution < 1.29 is 47.6 Å². The zero-order chi connectivity index (χ0) is 59.5. The molecule has 0 unspecified atom stereocenters. The van der Waals surface area contributed by atoms with Crippen molar-refractivity contribution >= 4 is 23.9 Å². The highest BCUT2D eigenvalue weighted by Crippen LogP contribution is 2.24. The van der Waals surface area contributed by atoms with Crippen LogP contribution in [0.5, 0.6) is 11.5 Å². The van der Waals surface area contributed by atoms with Crippen LogP contribution in [0.1, 0.15) is 61.1 Å². The molecule has 1 aliphatic heterocycles. The van der Waals surface area contributed by atoms with Gasteiger partial charge in [0.15, 0.2) is 0 Å². The van der Waals surface area contributed by atoms with Gasteiger partial charge in [-0.15, -0.1) is 0 Å². The Morgan fingerprint density at radius 3 is 0.738 bits per heavy atom. The van der Waals surface area contributed by atoms with Crippen molar-refractivity contribution in [3.63, 3.8) is 0 Å². The number of nitrogens with zero attached hydrogens (tertiary/aromatic N) is 6. The molecule has 0 spiro atoms. The van der Waals surface area contributed by atoms with Crippen molar-refractivity contribution in [3.05, 3.63) is 203 Å². The maximum Gasteiger partial charge on any atom is 0.324 e. The number of methoxy groups -OCH3 is 2. The predicted molar refractivity (Wildman–Crippen MR) is 326 cm³/mol. The summed E-state index contributed by atoms with van der Waals surface area (Å²) in [4.78, 5) is 73.2. The standard InChI is InChI=1S/C68H86N6O10/c1-7-81-65(75)61-49-69(43-57-31-35-59(79-5)36-32-57)50-62(66(76)82-8-2)73(47-55-27-19-13-20-28-55)41-42-74(48-56-29-21-14-22-30-56)64(68(78)84-10-4)52-70(44-58-33-37-60(80-6)38-34-58)51-63(67(77)83-9-3)72(46-54-25-17-12-18-26-54)40-39-71(61)45-53-23-15-11-16-24-53/h11-38,61-64H,7-10,39-52H2,1-6H3/t61-,62-,63-,64-/m0/s1. The molecule has 6 aromatic carbocycles. The number of carbonyl (C=O) groups is 4. The van der Waals surface area contributed by atoms with E-state index in [1.165, 1.54) is 0 Å². The van der Waals surface area contributed by atoms with Crippen molar-refractivity contribution in [2.24, 2.45) is 0 Å². The molecule has 0 aliphatic carbocycles. The second-order valence-corrected chi connectivity index (χ2v) is 21.0. The number of rotatable bonds is 22. The van der Waals surface area contributed by atoms with E-state index in [2.05, 4.69) is 29.4 Å². The Kier molecular flexibility index (Phi) is 26.2. The number of esters is 4. The first kappa shape index (κ1) is 64.1. The monoisotopic (exact) mass is 1150 g/mol. The van der Waals surface area contributed by atoms with E-state index in [1.54, 1.807) is 14.2 Å². The summed E-state index contributed by atoms with van der Waals surface area (Å²) >= 11 is 0. The van der Waals surface area contributed by atoms with Crippen LogP contribution in [0.3, 0.4) is 0 Å². The molecule has 0 bridgehead atoms. The highest BCUT2D eigenvalue weighted by Gasteiger charge is 2.39. The molecule has 448 valence electrons. The van der Waals surface area contributed by atoms with E-state index in [4.69, 9.17) is 28.4 Å². The number of benzene rings is 6. The van der Waals surface area contributed by atoms with Crippen molar-refractivity contribution in [1.29, 1.82) is 0 Å². The smallest absolute Gasteiger partial charge is 0.324 e. The summed E-state index contributed by atoms with van der Waals surface area (Å²) in [5.41, 5.74) is 5.76. The van der Waals surface area contributed by atoms with Gasteiger partial charge in [-0.25, -0.2) is 0 Å². The average Bonchev–Trinajstić information content (AvgIpc) is 3.68. The van der Waals surface area contributed by atoms with Gasteiger partial charge in [0.05, 0.1) is 40.6 Å². The summed E-state index contributed by atoms with van der Waals surface area (Å²) in [7, 11) is 3.26. The van der Waals surface area contributed by atoms with Crippen LogP contribution >= 0.6 is 0 Å². The second-order valence-electron chi connectivity index (χ2n) is 21.0. The van der Waals surface area contributed by atoms with Crippen LogP contribution in [0.15, 0.2) is 170 Å². The largest absolute Gasteiger partial charge is 0.497 e. The summed E-state index contributed by atoms with van der Waals surface area (Å²) in [6.45, 7) is 11.7. The maximum atomic E-state index is 15.1. The highest BCUT2D eigenvalue weighted by molar-refractivity contribution is 5.78. The van der Waals surface area contributed by atoms with E-state index in [1.807, 2.05) is 198 Å². The molecule has 0 N–H and O–H groups in total. The summed E-state index contributed by atoms with van der Waals surface area (Å²) in [6, 6.07) is 52.3. The topological polar surface area (TPSA) is 143 Å². The molecule has 1 fully saturated rings. The molecule has 4 atom stereocenters. The molecule has 0 amide bonds. The van der Waals surface area contributed by atoms with Crippen LogP contribution in [0.25, 0.3) is 0 Å². The lowest BCUT2D eigenvalue weighted by Gasteiger charge is -2.41. The van der Waals surface area contributed by atoms with Gasteiger partial charge >= 0.3 is 23.9 Å². The molecule has 0 radical (unpaired) electrons. The van der Waals surface area contributed by atoms with Gasteiger partial charge in [0.1, 0.15) is 35.7 Å². The minimum absolute atomic E-state index is 0.144. The lowest BCUT2D eigenvalue weighted by Crippen LogP contribution is -2.58. The van der Waals surface area contributed by atoms with E-state index in [0.29, 0.717) is 76.9 Å². The fraction of sp³-hybridized carbons (Fsp3) is 0.412. The average molecular weight is 1150 g/mol. The third-order valence-corrected chi connectivity index (χ3v) is 15.1. The highest BCUT2D eigenvalue weighted by atomic mass is 16.5. The zero-order valence-electron chi connectivity index (χ0n) is 50.0. The maximum absolute atomic E-state index is 15.1. The molecular formula is C68H86N6O10. The summed E-state index contributed by atoms with van der Waals surface area (Å²) in [5, 5.41) is 0. The van der Waals surface area contributed by atoms with Crippen LogP contribution in [0.2, 0.25) is 0 Å². The van der Waals surface area contributed by atoms with E-state index >= 15 is 19.2 Å². The van der Waals surface area contributed by atoms with Crippen LogP contribution in [0, 0.1) is 0 Å². The number of ether oxygens (including phenoxy) is 6. The van der Waals surface area contributed by atoms with Crippen molar-refractivity contribution in [3.8, 4) is 11.5 Å². The molecule has 1 heterocycles. The predicted octanol–water partition coefficient (Wildman–Crippen LogP) is 8.76. The van der Waals surface area contributed by atoms with Gasteiger partial charge in [-0.05, 0) is 85.3 Å². The van der Waals surface area contributed by atoms with Crippen LogP contribution in [0.4, 0.5) is 0 Å². The Balaban J connectivity index is 1.48. The van der Waals surface area contributed by atoms with Gasteiger partial charge < -0.3 is 28.4 Å². The Labute approximate surface area is 497 Å². The molecule has 1 saturated heterocycles. The number of carbonyl (C=O) groups excluding carboxylic acids is 4. The third-order valence-electron chi connectivity index (χ3n) is 15.1. The van der Waals surface area contributed by atoms with Gasteiger partial charge in [-0.2, -0.15) is 0 Å². The molecule has 16 nitrogen and oxygen atoms in total. The first-order valence-electron chi connectivity index (χ1n) is 29.5. The third kappa shape index (κ3) is 19.9. The normalized spacial score (nSPS) is 18.8. The van der Waals surface area contributed by atoms with Crippen LogP contribution in [-0.4, -0.2) is 170 Å². The van der Waals surface area contributed by atoms with Crippen molar-refractivity contribution in [1.82, 2.24) is 29.4 Å². The van der Waals surface area contributed by atoms with Gasteiger partial charge in [0.2, 0.25) is 0 Å². The molecule has 1 aliphatic rings. The van der Waals surface area contributed by atoms with Gasteiger partial charge in [0, 0.05) is 91.6 Å². The first-order chi connectivity index (χ1) is 41.0. The van der Waals surface area contributed by atoms with E-state index in [9.17, 15) is 0 Å². The van der Waals surface area contributed by atoms with Gasteiger partial charge in [-0.1, -0.05) is 146 Å². The molecule has 7 rings (SSSR count). The Bertz CT molecular complexity index is 2530. The van der Waals surface area contributed by atoms with Crippen molar-refractivity contribution in [2.75, 3.05) is 93.0 Å². The van der Waals surface area contributed by atoms with E-state index < -0.39 is 48.0 Å². The molecular weight excluding hydrogens is 1060 g/mol. The zero-order valence-corrected chi connectivity index (χ0v) is 50.0. The number of hydrogen-bond donors (Lipinski definition) is 0. The van der Waals surface area contributed by atoms with E-state index in [-0.39, 0.29) is 52.6 Å². The molecule has 6 aromatic rings. The lowest BCUT2D eigenvalue weighted by atomic mass is 10.1. The summed E-state index contributed by atoms with van der Waals surface area (Å²) in [6.07, 6.45) is 0. The molecule has 0 aromatic heterocycles. The van der Waals surface area contributed by atoms with Gasteiger partial charge in [-0.3, -0.25) is 48.6 Å². The Hall–Kier alpha value is -7.44. The quantitative estimate of drug-likeness (QED) is 0.0472. The fourth-order valence-corrected chi connectivity index (χ4v) is 10.8. The van der Waals surface area contributed by atoms with Crippen LogP contribution < -0.4 is 9.47 Å². The van der Waals surface area contributed by atoms with E-state index in [0.717, 1.165) is 33.4 Å². The lowest BCUT2D eigenvalue weighted by molar-refractivity contribution is -0.156. The molecule has 0 saturated carbocycles. The minimum atomic E-state index is -0.870. The summed E-state index contributed by atoms with van der Waals surface area (Å²) < 4.78 is 35.4. The summed E-state index contributed by atoms with van der Waals surface area (Å²) in [5.74, 6) is -0.274. The van der Waals surface area contributed by atoms with Crippen molar-refractivity contribution in [2.45, 2.75) is 91.1 Å². The molecule has 16 heteroatoms. The second kappa shape index (κ2) is 34.4. The number of hydrogen-bond acceptors (Lipinski definition) is 16.